The van der Waals surface area contributed by atoms with Gasteiger partial charge in [-0.15, -0.1) is 0 Å². The van der Waals surface area contributed by atoms with Crippen LogP contribution in [0.5, 0.6) is 5.88 Å². The Hall–Kier alpha value is -1.20. The topological polar surface area (TPSA) is 51.6 Å². The first-order chi connectivity index (χ1) is 7.77. The molecule has 1 rings (SSSR count). The Balaban J connectivity index is 2.41. The quantitative estimate of drug-likeness (QED) is 0.720. The summed E-state index contributed by atoms with van der Waals surface area (Å²) in [6.45, 7) is 3.21. The van der Waals surface area contributed by atoms with Crippen molar-refractivity contribution in [3.05, 3.63) is 23.6 Å². The van der Waals surface area contributed by atoms with Gasteiger partial charge in [-0.3, -0.25) is 0 Å². The van der Waals surface area contributed by atoms with E-state index in [0.29, 0.717) is 25.4 Å². The Morgan fingerprint density at radius 2 is 2.19 bits per heavy atom. The third-order valence-corrected chi connectivity index (χ3v) is 1.88. The summed E-state index contributed by atoms with van der Waals surface area (Å²) in [7, 11) is 0. The minimum absolute atomic E-state index is 0.254. The average molecular weight is 229 g/mol. The zero-order chi connectivity index (χ0) is 11.8. The second-order valence-corrected chi connectivity index (χ2v) is 3.24. The summed E-state index contributed by atoms with van der Waals surface area (Å²) in [4.78, 5) is 3.75. The van der Waals surface area contributed by atoms with Gasteiger partial charge in [-0.25, -0.2) is 9.37 Å². The van der Waals surface area contributed by atoms with Crippen molar-refractivity contribution >= 4 is 0 Å². The first-order valence-electron chi connectivity index (χ1n) is 5.23. The van der Waals surface area contributed by atoms with Gasteiger partial charge in [0.1, 0.15) is 12.4 Å². The van der Waals surface area contributed by atoms with Crippen LogP contribution in [0.15, 0.2) is 12.3 Å². The first kappa shape index (κ1) is 12.9. The average Bonchev–Trinajstić information content (AvgIpc) is 2.30. The van der Waals surface area contributed by atoms with Crippen molar-refractivity contribution in [3.8, 4) is 5.88 Å². The molecule has 0 atom stereocenters. The van der Waals surface area contributed by atoms with Crippen LogP contribution < -0.4 is 4.74 Å². The van der Waals surface area contributed by atoms with Gasteiger partial charge < -0.3 is 14.6 Å². The molecular formula is C11H16FNO3. The second-order valence-electron chi connectivity index (χ2n) is 3.24. The second kappa shape index (κ2) is 7.14. The van der Waals surface area contributed by atoms with Gasteiger partial charge in [0.15, 0.2) is 0 Å². The highest BCUT2D eigenvalue weighted by atomic mass is 19.1. The lowest BCUT2D eigenvalue weighted by Crippen LogP contribution is -2.09. The summed E-state index contributed by atoms with van der Waals surface area (Å²) in [6, 6.07) is 1.20. The van der Waals surface area contributed by atoms with E-state index in [1.165, 1.54) is 6.07 Å². The van der Waals surface area contributed by atoms with Crippen LogP contribution in [0, 0.1) is 5.82 Å². The van der Waals surface area contributed by atoms with Crippen LogP contribution >= 0.6 is 0 Å². The Labute approximate surface area is 94.0 Å². The van der Waals surface area contributed by atoms with Crippen molar-refractivity contribution in [1.82, 2.24) is 4.98 Å². The number of aliphatic hydroxyl groups excluding tert-OH is 1. The standard InChI is InChI=1S/C11H16FNO3/c1-2-3-15-4-5-16-11-9(8-14)6-10(12)7-13-11/h6-7,14H,2-5,8H2,1H3. The molecule has 5 heteroatoms. The summed E-state index contributed by atoms with van der Waals surface area (Å²) in [5.41, 5.74) is 0.343. The monoisotopic (exact) mass is 229 g/mol. The number of ether oxygens (including phenoxy) is 2. The highest BCUT2D eigenvalue weighted by Crippen LogP contribution is 2.15. The van der Waals surface area contributed by atoms with Gasteiger partial charge in [-0.05, 0) is 12.5 Å². The smallest absolute Gasteiger partial charge is 0.219 e. The highest BCUT2D eigenvalue weighted by Gasteiger charge is 2.05. The number of nitrogens with zero attached hydrogens (tertiary/aromatic N) is 1. The molecule has 1 aromatic rings. The molecule has 0 saturated heterocycles. The van der Waals surface area contributed by atoms with Crippen LogP contribution in [-0.4, -0.2) is 29.9 Å². The van der Waals surface area contributed by atoms with Crippen LogP contribution in [0.3, 0.4) is 0 Å². The van der Waals surface area contributed by atoms with Crippen LogP contribution in [0.4, 0.5) is 4.39 Å². The molecule has 90 valence electrons. The third kappa shape index (κ3) is 4.12. The third-order valence-electron chi connectivity index (χ3n) is 1.88. The molecular weight excluding hydrogens is 213 g/mol. The molecule has 1 N–H and O–H groups in total. The molecule has 1 aromatic heterocycles. The fraction of sp³-hybridized carbons (Fsp3) is 0.545. The summed E-state index contributed by atoms with van der Waals surface area (Å²) in [6.07, 6.45) is 2.01. The zero-order valence-corrected chi connectivity index (χ0v) is 9.28. The Bertz CT molecular complexity index is 320. The number of rotatable bonds is 7. The largest absolute Gasteiger partial charge is 0.475 e. The lowest BCUT2D eigenvalue weighted by atomic mass is 10.3. The number of halogens is 1. The fourth-order valence-electron chi connectivity index (χ4n) is 1.16. The molecule has 0 bridgehead atoms. The Morgan fingerprint density at radius 1 is 1.38 bits per heavy atom. The molecule has 0 radical (unpaired) electrons. The van der Waals surface area contributed by atoms with Gasteiger partial charge in [-0.2, -0.15) is 0 Å². The molecule has 0 aliphatic rings. The minimum atomic E-state index is -0.487. The van der Waals surface area contributed by atoms with Crippen LogP contribution in [-0.2, 0) is 11.3 Å². The van der Waals surface area contributed by atoms with E-state index in [1.54, 1.807) is 0 Å². The van der Waals surface area contributed by atoms with Crippen LogP contribution in [0.2, 0.25) is 0 Å². The van der Waals surface area contributed by atoms with Crippen molar-refractivity contribution < 1.29 is 19.0 Å². The van der Waals surface area contributed by atoms with Gasteiger partial charge in [0, 0.05) is 12.2 Å². The summed E-state index contributed by atoms with van der Waals surface area (Å²) >= 11 is 0. The molecule has 0 aromatic carbocycles. The fourth-order valence-corrected chi connectivity index (χ4v) is 1.16. The number of aromatic nitrogens is 1. The number of aliphatic hydroxyl groups is 1. The molecule has 0 aliphatic carbocycles. The van der Waals surface area contributed by atoms with Gasteiger partial charge in [0.05, 0.1) is 19.4 Å². The summed E-state index contributed by atoms with van der Waals surface area (Å²) < 4.78 is 23.2. The first-order valence-corrected chi connectivity index (χ1v) is 5.23. The SMILES string of the molecule is CCCOCCOc1ncc(F)cc1CO. The molecule has 0 fully saturated rings. The maximum Gasteiger partial charge on any atom is 0.219 e. The van der Waals surface area contributed by atoms with Crippen molar-refractivity contribution in [2.24, 2.45) is 0 Å². The Kier molecular flexibility index (Phi) is 5.74. The molecule has 0 saturated carbocycles. The normalized spacial score (nSPS) is 10.4. The zero-order valence-electron chi connectivity index (χ0n) is 9.28. The summed E-state index contributed by atoms with van der Waals surface area (Å²) in [5, 5.41) is 8.97. The lowest BCUT2D eigenvalue weighted by Gasteiger charge is -2.08. The van der Waals surface area contributed by atoms with E-state index in [0.717, 1.165) is 12.6 Å². The van der Waals surface area contributed by atoms with E-state index >= 15 is 0 Å². The number of hydrogen-bond acceptors (Lipinski definition) is 4. The van der Waals surface area contributed by atoms with Crippen LogP contribution in [0.25, 0.3) is 0 Å². The van der Waals surface area contributed by atoms with E-state index in [-0.39, 0.29) is 12.5 Å². The van der Waals surface area contributed by atoms with Crippen molar-refractivity contribution in [2.75, 3.05) is 19.8 Å². The van der Waals surface area contributed by atoms with Gasteiger partial charge in [-0.1, -0.05) is 6.92 Å². The van der Waals surface area contributed by atoms with E-state index in [4.69, 9.17) is 14.6 Å². The van der Waals surface area contributed by atoms with Gasteiger partial charge >= 0.3 is 0 Å². The molecule has 0 aliphatic heterocycles. The number of hydrogen-bond donors (Lipinski definition) is 1. The maximum absolute atomic E-state index is 12.8. The van der Waals surface area contributed by atoms with Crippen molar-refractivity contribution in [3.63, 3.8) is 0 Å². The molecule has 0 amide bonds. The van der Waals surface area contributed by atoms with Gasteiger partial charge in [0.25, 0.3) is 0 Å². The van der Waals surface area contributed by atoms with Crippen molar-refractivity contribution in [2.45, 2.75) is 20.0 Å². The molecule has 0 spiro atoms. The molecule has 1 heterocycles. The Morgan fingerprint density at radius 3 is 2.88 bits per heavy atom. The predicted octanol–water partition coefficient (Wildman–Crippen LogP) is 1.52. The van der Waals surface area contributed by atoms with Gasteiger partial charge in [0.2, 0.25) is 5.88 Å². The van der Waals surface area contributed by atoms with E-state index in [9.17, 15) is 4.39 Å². The van der Waals surface area contributed by atoms with Crippen LogP contribution in [0.1, 0.15) is 18.9 Å². The summed E-state index contributed by atoms with van der Waals surface area (Å²) in [5.74, 6) is -0.234. The molecule has 4 nitrogen and oxygen atoms in total. The van der Waals surface area contributed by atoms with E-state index in [1.807, 2.05) is 6.92 Å². The van der Waals surface area contributed by atoms with E-state index < -0.39 is 5.82 Å². The number of pyridine rings is 1. The predicted molar refractivity (Wildman–Crippen MR) is 56.7 cm³/mol. The highest BCUT2D eigenvalue weighted by molar-refractivity contribution is 5.25. The lowest BCUT2D eigenvalue weighted by molar-refractivity contribution is 0.0978. The molecule has 16 heavy (non-hydrogen) atoms. The minimum Gasteiger partial charge on any atom is -0.475 e. The maximum atomic E-state index is 12.8. The van der Waals surface area contributed by atoms with Crippen molar-refractivity contribution in [1.29, 1.82) is 0 Å². The molecule has 0 unspecified atom stereocenters. The van der Waals surface area contributed by atoms with E-state index in [2.05, 4.69) is 4.98 Å².